The predicted molar refractivity (Wildman–Crippen MR) is 118 cm³/mol. The number of benzene rings is 2. The van der Waals surface area contributed by atoms with Gasteiger partial charge in [-0.3, -0.25) is 9.36 Å². The van der Waals surface area contributed by atoms with Gasteiger partial charge in [0.1, 0.15) is 6.61 Å². The molecule has 4 rings (SSSR count). The molecule has 0 spiro atoms. The second-order valence-electron chi connectivity index (χ2n) is 7.57. The van der Waals surface area contributed by atoms with Gasteiger partial charge in [-0.25, -0.2) is 0 Å². The van der Waals surface area contributed by atoms with Crippen molar-refractivity contribution >= 4 is 16.9 Å². The van der Waals surface area contributed by atoms with Gasteiger partial charge in [0.15, 0.2) is 0 Å². The minimum Gasteiger partial charge on any atom is -0.462 e. The molecule has 2 heterocycles. The van der Waals surface area contributed by atoms with Gasteiger partial charge < -0.3 is 9.64 Å². The van der Waals surface area contributed by atoms with Crippen LogP contribution in [0.4, 0.5) is 0 Å². The molecule has 8 nitrogen and oxygen atoms in total. The standard InChI is InChI=1S/C23H26N6O2/c1-5-17(15-31-23-26-19-8-6-7-9-21(19)28(23)4)27(3)22(30)18-14-16(2)10-11-20(18)29-24-12-13-25-29/h6-14,17H,5,15H2,1-4H3. The average molecular weight is 419 g/mol. The van der Waals surface area contributed by atoms with Gasteiger partial charge in [-0.1, -0.05) is 30.7 Å². The minimum atomic E-state index is -0.119. The van der Waals surface area contributed by atoms with Crippen LogP contribution in [0.1, 0.15) is 29.3 Å². The van der Waals surface area contributed by atoms with E-state index >= 15 is 0 Å². The van der Waals surface area contributed by atoms with E-state index in [1.807, 2.05) is 67.9 Å². The molecule has 0 N–H and O–H groups in total. The van der Waals surface area contributed by atoms with E-state index in [0.717, 1.165) is 23.0 Å². The Hall–Kier alpha value is -3.68. The maximum atomic E-state index is 13.4. The fourth-order valence-corrected chi connectivity index (χ4v) is 3.62. The summed E-state index contributed by atoms with van der Waals surface area (Å²) < 4.78 is 7.96. The molecule has 1 atom stereocenters. The molecular formula is C23H26N6O2. The minimum absolute atomic E-state index is 0.101. The zero-order chi connectivity index (χ0) is 22.0. The quantitative estimate of drug-likeness (QED) is 0.460. The van der Waals surface area contributed by atoms with Gasteiger partial charge in [-0.2, -0.15) is 20.0 Å². The normalized spacial score (nSPS) is 12.1. The largest absolute Gasteiger partial charge is 0.462 e. The molecule has 0 saturated carbocycles. The molecule has 1 unspecified atom stereocenters. The monoisotopic (exact) mass is 418 g/mol. The lowest BCUT2D eigenvalue weighted by Crippen LogP contribution is -2.41. The number of amides is 1. The molecular weight excluding hydrogens is 392 g/mol. The number of para-hydroxylation sites is 2. The van der Waals surface area contributed by atoms with E-state index < -0.39 is 0 Å². The number of ether oxygens (including phenoxy) is 1. The van der Waals surface area contributed by atoms with Gasteiger partial charge in [-0.05, 0) is 37.6 Å². The Labute approximate surface area is 181 Å². The smallest absolute Gasteiger partial charge is 0.297 e. The van der Waals surface area contributed by atoms with Gasteiger partial charge in [0.2, 0.25) is 0 Å². The second kappa shape index (κ2) is 8.59. The summed E-state index contributed by atoms with van der Waals surface area (Å²) in [5.41, 5.74) is 4.09. The van der Waals surface area contributed by atoms with Crippen molar-refractivity contribution in [1.29, 1.82) is 0 Å². The van der Waals surface area contributed by atoms with Crippen molar-refractivity contribution in [3.8, 4) is 11.7 Å². The highest BCUT2D eigenvalue weighted by molar-refractivity contribution is 5.98. The summed E-state index contributed by atoms with van der Waals surface area (Å²) in [6, 6.07) is 14.0. The van der Waals surface area contributed by atoms with E-state index in [9.17, 15) is 4.79 Å². The van der Waals surface area contributed by atoms with Crippen LogP contribution in [0, 0.1) is 6.92 Å². The fourth-order valence-electron chi connectivity index (χ4n) is 3.62. The summed E-state index contributed by atoms with van der Waals surface area (Å²) in [6.07, 6.45) is 3.93. The van der Waals surface area contributed by atoms with Gasteiger partial charge >= 0.3 is 0 Å². The third-order valence-electron chi connectivity index (χ3n) is 5.51. The maximum absolute atomic E-state index is 13.4. The lowest BCUT2D eigenvalue weighted by molar-refractivity contribution is 0.0663. The average Bonchev–Trinajstić information content (AvgIpc) is 3.42. The van der Waals surface area contributed by atoms with Crippen molar-refractivity contribution in [2.75, 3.05) is 13.7 Å². The summed E-state index contributed by atoms with van der Waals surface area (Å²) >= 11 is 0. The summed E-state index contributed by atoms with van der Waals surface area (Å²) in [7, 11) is 3.73. The summed E-state index contributed by atoms with van der Waals surface area (Å²) in [4.78, 5) is 21.2. The number of hydrogen-bond acceptors (Lipinski definition) is 5. The number of hydrogen-bond donors (Lipinski definition) is 0. The highest BCUT2D eigenvalue weighted by Crippen LogP contribution is 2.21. The number of imidazole rings is 1. The number of rotatable bonds is 7. The highest BCUT2D eigenvalue weighted by Gasteiger charge is 2.24. The second-order valence-corrected chi connectivity index (χ2v) is 7.57. The number of carbonyl (C=O) groups is 1. The molecule has 1 amide bonds. The predicted octanol–water partition coefficient (Wildman–Crippen LogP) is 3.39. The van der Waals surface area contributed by atoms with Crippen LogP contribution in [0.2, 0.25) is 0 Å². The number of nitrogens with zero attached hydrogens (tertiary/aromatic N) is 6. The van der Waals surface area contributed by atoms with E-state index in [0.29, 0.717) is 23.9 Å². The highest BCUT2D eigenvalue weighted by atomic mass is 16.5. The van der Waals surface area contributed by atoms with Crippen molar-refractivity contribution in [1.82, 2.24) is 29.4 Å². The van der Waals surface area contributed by atoms with E-state index in [-0.39, 0.29) is 11.9 Å². The third kappa shape index (κ3) is 4.01. The lowest BCUT2D eigenvalue weighted by atomic mass is 10.1. The van der Waals surface area contributed by atoms with Crippen molar-refractivity contribution < 1.29 is 9.53 Å². The Balaban J connectivity index is 1.55. The maximum Gasteiger partial charge on any atom is 0.297 e. The summed E-state index contributed by atoms with van der Waals surface area (Å²) in [5.74, 6) is -0.101. The molecule has 0 radical (unpaired) electrons. The Morgan fingerprint density at radius 1 is 1.16 bits per heavy atom. The number of likely N-dealkylation sites (N-methyl/N-ethyl adjacent to an activating group) is 1. The number of aryl methyl sites for hydroxylation is 2. The van der Waals surface area contributed by atoms with Gasteiger partial charge in [0.05, 0.1) is 40.7 Å². The molecule has 4 aromatic rings. The molecule has 0 fully saturated rings. The van der Waals surface area contributed by atoms with Crippen LogP contribution in [0.25, 0.3) is 16.7 Å². The topological polar surface area (TPSA) is 78.1 Å². The van der Waals surface area contributed by atoms with E-state index in [2.05, 4.69) is 15.2 Å². The Morgan fingerprint density at radius 2 is 1.90 bits per heavy atom. The molecule has 0 bridgehead atoms. The third-order valence-corrected chi connectivity index (χ3v) is 5.51. The lowest BCUT2D eigenvalue weighted by Gasteiger charge is -2.28. The van der Waals surface area contributed by atoms with Gasteiger partial charge in [0, 0.05) is 14.1 Å². The van der Waals surface area contributed by atoms with Gasteiger partial charge in [-0.15, -0.1) is 0 Å². The molecule has 2 aromatic heterocycles. The first-order valence-electron chi connectivity index (χ1n) is 10.3. The van der Waals surface area contributed by atoms with Crippen LogP contribution in [0.15, 0.2) is 54.9 Å². The Morgan fingerprint density at radius 3 is 2.61 bits per heavy atom. The van der Waals surface area contributed by atoms with E-state index in [1.165, 1.54) is 4.80 Å². The van der Waals surface area contributed by atoms with Crippen molar-refractivity contribution in [3.05, 3.63) is 66.0 Å². The summed E-state index contributed by atoms with van der Waals surface area (Å²) in [6.45, 7) is 4.35. The molecule has 31 heavy (non-hydrogen) atoms. The van der Waals surface area contributed by atoms with Crippen molar-refractivity contribution in [3.63, 3.8) is 0 Å². The molecule has 160 valence electrons. The molecule has 2 aromatic carbocycles. The fraction of sp³-hybridized carbons (Fsp3) is 0.304. The molecule has 8 heteroatoms. The first kappa shape index (κ1) is 20.6. The first-order valence-corrected chi connectivity index (χ1v) is 10.3. The number of aromatic nitrogens is 5. The van der Waals surface area contributed by atoms with Crippen LogP contribution in [-0.4, -0.2) is 55.0 Å². The zero-order valence-electron chi connectivity index (χ0n) is 18.2. The van der Waals surface area contributed by atoms with Crippen LogP contribution in [-0.2, 0) is 7.05 Å². The van der Waals surface area contributed by atoms with Gasteiger partial charge in [0.25, 0.3) is 11.9 Å². The number of fused-ring (bicyclic) bond motifs is 1. The van der Waals surface area contributed by atoms with Crippen LogP contribution in [0.5, 0.6) is 6.01 Å². The SMILES string of the molecule is CCC(COc1nc2ccccc2n1C)N(C)C(=O)c1cc(C)ccc1-n1nccn1. The molecule has 0 aliphatic rings. The van der Waals surface area contributed by atoms with E-state index in [1.54, 1.807) is 24.3 Å². The van der Waals surface area contributed by atoms with Crippen LogP contribution >= 0.6 is 0 Å². The Bertz CT molecular complexity index is 1200. The first-order chi connectivity index (χ1) is 15.0. The van der Waals surface area contributed by atoms with Crippen molar-refractivity contribution in [2.45, 2.75) is 26.3 Å². The summed E-state index contributed by atoms with van der Waals surface area (Å²) in [5, 5.41) is 8.38. The zero-order valence-corrected chi connectivity index (χ0v) is 18.2. The van der Waals surface area contributed by atoms with Crippen LogP contribution < -0.4 is 4.74 Å². The van der Waals surface area contributed by atoms with E-state index in [4.69, 9.17) is 4.74 Å². The number of carbonyl (C=O) groups excluding carboxylic acids is 1. The van der Waals surface area contributed by atoms with Crippen LogP contribution in [0.3, 0.4) is 0 Å². The van der Waals surface area contributed by atoms with Crippen molar-refractivity contribution in [2.24, 2.45) is 7.05 Å². The molecule has 0 aliphatic heterocycles. The molecule has 0 saturated heterocycles. The Kier molecular flexibility index (Phi) is 5.70. The molecule has 0 aliphatic carbocycles.